The van der Waals surface area contributed by atoms with Crippen LogP contribution in [-0.2, 0) is 4.74 Å². The van der Waals surface area contributed by atoms with Gasteiger partial charge >= 0.3 is 0 Å². The number of nitrogens with zero attached hydrogens (tertiary/aromatic N) is 6. The topological polar surface area (TPSA) is 80.5 Å². The number of hydrogen-bond acceptors (Lipinski definition) is 8. The molecule has 0 amide bonds. The molecule has 1 N–H and O–H groups in total. The minimum Gasteiger partial charge on any atom is -0.379 e. The number of fused-ring (bicyclic) bond motifs is 1. The van der Waals surface area contributed by atoms with Crippen molar-refractivity contribution in [3.05, 3.63) is 30.9 Å². The third-order valence-corrected chi connectivity index (χ3v) is 4.89. The van der Waals surface area contributed by atoms with E-state index in [2.05, 4.69) is 30.2 Å². The van der Waals surface area contributed by atoms with Gasteiger partial charge in [0.15, 0.2) is 16.6 Å². The molecule has 1 aliphatic rings. The molecule has 3 aromatic rings. The Morgan fingerprint density at radius 3 is 2.92 bits per heavy atom. The standard InChI is InChI=1S/C17H21N7OS/c1-26-17-20-3-2-13(22-17)14-12-21-16-15(19-5-7-24(14)16)18-4-6-23-8-10-25-11-9-23/h2-3,5,7,12H,4,6,8-11H2,1H3,(H,18,19). The molecule has 4 heterocycles. The van der Waals surface area contributed by atoms with Crippen LogP contribution < -0.4 is 5.32 Å². The van der Waals surface area contributed by atoms with Gasteiger partial charge in [0.05, 0.1) is 30.8 Å². The molecule has 0 unspecified atom stereocenters. The van der Waals surface area contributed by atoms with Crippen molar-refractivity contribution in [1.82, 2.24) is 29.2 Å². The fourth-order valence-electron chi connectivity index (χ4n) is 2.97. The normalized spacial score (nSPS) is 15.4. The Bertz CT molecular complexity index is 878. The van der Waals surface area contributed by atoms with Gasteiger partial charge in [0, 0.05) is 44.8 Å². The van der Waals surface area contributed by atoms with Crippen molar-refractivity contribution in [2.45, 2.75) is 5.16 Å². The van der Waals surface area contributed by atoms with E-state index in [9.17, 15) is 0 Å². The summed E-state index contributed by atoms with van der Waals surface area (Å²) in [6.45, 7) is 5.38. The molecule has 0 aromatic carbocycles. The maximum absolute atomic E-state index is 5.38. The van der Waals surface area contributed by atoms with Gasteiger partial charge in [-0.3, -0.25) is 9.30 Å². The fourth-order valence-corrected chi connectivity index (χ4v) is 3.33. The minimum absolute atomic E-state index is 0.746. The summed E-state index contributed by atoms with van der Waals surface area (Å²) in [6, 6.07) is 1.90. The van der Waals surface area contributed by atoms with Crippen LogP contribution in [0.5, 0.6) is 0 Å². The van der Waals surface area contributed by atoms with Gasteiger partial charge in [-0.25, -0.2) is 19.9 Å². The monoisotopic (exact) mass is 371 g/mol. The van der Waals surface area contributed by atoms with Crippen LogP contribution in [0.2, 0.25) is 0 Å². The van der Waals surface area contributed by atoms with E-state index in [0.29, 0.717) is 0 Å². The van der Waals surface area contributed by atoms with E-state index in [1.165, 1.54) is 11.8 Å². The van der Waals surface area contributed by atoms with Crippen molar-refractivity contribution >= 4 is 23.2 Å². The lowest BCUT2D eigenvalue weighted by molar-refractivity contribution is 0.0398. The van der Waals surface area contributed by atoms with Crippen molar-refractivity contribution in [3.63, 3.8) is 0 Å². The quantitative estimate of drug-likeness (QED) is 0.518. The highest BCUT2D eigenvalue weighted by Gasteiger charge is 2.13. The first-order valence-electron chi connectivity index (χ1n) is 8.58. The zero-order valence-corrected chi connectivity index (χ0v) is 15.4. The molecular weight excluding hydrogens is 350 g/mol. The Morgan fingerprint density at radius 2 is 2.08 bits per heavy atom. The summed E-state index contributed by atoms with van der Waals surface area (Å²) in [5, 5.41) is 4.15. The first-order chi connectivity index (χ1) is 12.8. The van der Waals surface area contributed by atoms with Crippen LogP contribution in [0.4, 0.5) is 5.82 Å². The van der Waals surface area contributed by atoms with E-state index < -0.39 is 0 Å². The third-order valence-electron chi connectivity index (χ3n) is 4.33. The molecule has 4 rings (SSSR count). The van der Waals surface area contributed by atoms with Gasteiger partial charge in [-0.2, -0.15) is 0 Å². The summed E-state index contributed by atoms with van der Waals surface area (Å²) in [5.74, 6) is 0.783. The highest BCUT2D eigenvalue weighted by Crippen LogP contribution is 2.22. The number of imidazole rings is 1. The predicted octanol–water partition coefficient (Wildman–Crippen LogP) is 1.65. The van der Waals surface area contributed by atoms with E-state index in [4.69, 9.17) is 4.74 Å². The van der Waals surface area contributed by atoms with Gasteiger partial charge in [-0.15, -0.1) is 0 Å². The van der Waals surface area contributed by atoms with Crippen LogP contribution in [-0.4, -0.2) is 74.9 Å². The summed E-state index contributed by atoms with van der Waals surface area (Å²) in [7, 11) is 0. The van der Waals surface area contributed by atoms with Crippen molar-refractivity contribution in [1.29, 1.82) is 0 Å². The molecule has 9 heteroatoms. The summed E-state index contributed by atoms with van der Waals surface area (Å²) in [5.41, 5.74) is 2.58. The van der Waals surface area contributed by atoms with Crippen LogP contribution in [0, 0.1) is 0 Å². The van der Waals surface area contributed by atoms with Crippen LogP contribution >= 0.6 is 11.8 Å². The highest BCUT2D eigenvalue weighted by atomic mass is 32.2. The molecule has 26 heavy (non-hydrogen) atoms. The SMILES string of the molecule is CSc1nccc(-c2cnc3c(NCCN4CCOCC4)nccn23)n1. The van der Waals surface area contributed by atoms with Crippen LogP contribution in [0.3, 0.4) is 0 Å². The predicted molar refractivity (Wildman–Crippen MR) is 102 cm³/mol. The average Bonchev–Trinajstić information content (AvgIpc) is 3.14. The maximum atomic E-state index is 5.38. The van der Waals surface area contributed by atoms with Gasteiger partial charge in [0.25, 0.3) is 0 Å². The molecule has 3 aromatic heterocycles. The smallest absolute Gasteiger partial charge is 0.187 e. The highest BCUT2D eigenvalue weighted by molar-refractivity contribution is 7.98. The number of hydrogen-bond donors (Lipinski definition) is 1. The fraction of sp³-hybridized carbons (Fsp3) is 0.412. The molecule has 8 nitrogen and oxygen atoms in total. The lowest BCUT2D eigenvalue weighted by atomic mass is 10.3. The number of thioether (sulfide) groups is 1. The number of nitrogens with one attached hydrogen (secondary N) is 1. The number of anilines is 1. The Balaban J connectivity index is 1.53. The van der Waals surface area contributed by atoms with Gasteiger partial charge in [0.1, 0.15) is 0 Å². The van der Waals surface area contributed by atoms with Gasteiger partial charge < -0.3 is 10.1 Å². The van der Waals surface area contributed by atoms with Gasteiger partial charge in [0.2, 0.25) is 0 Å². The van der Waals surface area contributed by atoms with E-state index >= 15 is 0 Å². The zero-order chi connectivity index (χ0) is 17.8. The van der Waals surface area contributed by atoms with Crippen LogP contribution in [0.1, 0.15) is 0 Å². The second kappa shape index (κ2) is 7.98. The largest absolute Gasteiger partial charge is 0.379 e. The maximum Gasteiger partial charge on any atom is 0.187 e. The van der Waals surface area contributed by atoms with Crippen molar-refractivity contribution in [2.24, 2.45) is 0 Å². The number of morpholine rings is 1. The van der Waals surface area contributed by atoms with E-state index in [0.717, 1.165) is 67.4 Å². The van der Waals surface area contributed by atoms with Gasteiger partial charge in [-0.1, -0.05) is 11.8 Å². The Kier molecular flexibility index (Phi) is 5.28. The van der Waals surface area contributed by atoms with Crippen molar-refractivity contribution in [3.8, 4) is 11.4 Å². The van der Waals surface area contributed by atoms with Gasteiger partial charge in [-0.05, 0) is 12.3 Å². The van der Waals surface area contributed by atoms with Crippen molar-refractivity contribution in [2.75, 3.05) is 51.0 Å². The Morgan fingerprint density at radius 1 is 1.19 bits per heavy atom. The molecule has 1 aliphatic heterocycles. The molecule has 0 spiro atoms. The summed E-state index contributed by atoms with van der Waals surface area (Å²) < 4.78 is 7.39. The van der Waals surface area contributed by atoms with Crippen LogP contribution in [0.25, 0.3) is 17.0 Å². The lowest BCUT2D eigenvalue weighted by Gasteiger charge is -2.26. The molecule has 136 valence electrons. The number of ether oxygens (including phenoxy) is 1. The molecule has 0 radical (unpaired) electrons. The molecule has 0 aliphatic carbocycles. The molecule has 0 atom stereocenters. The third kappa shape index (κ3) is 3.64. The number of rotatable bonds is 6. The molecule has 1 fully saturated rings. The Labute approximate surface area is 156 Å². The molecule has 0 bridgehead atoms. The average molecular weight is 371 g/mol. The van der Waals surface area contributed by atoms with Crippen molar-refractivity contribution < 1.29 is 4.74 Å². The molecular formula is C17H21N7OS. The molecule has 1 saturated heterocycles. The summed E-state index contributed by atoms with van der Waals surface area (Å²) >= 11 is 1.52. The minimum atomic E-state index is 0.746. The zero-order valence-electron chi connectivity index (χ0n) is 14.6. The summed E-state index contributed by atoms with van der Waals surface area (Å²) in [4.78, 5) is 20.2. The first-order valence-corrected chi connectivity index (χ1v) is 9.81. The molecule has 0 saturated carbocycles. The van der Waals surface area contributed by atoms with E-state index in [1.54, 1.807) is 12.4 Å². The van der Waals surface area contributed by atoms with Crippen LogP contribution in [0.15, 0.2) is 36.0 Å². The first kappa shape index (κ1) is 17.2. The Hall–Kier alpha value is -2.23. The second-order valence-electron chi connectivity index (χ2n) is 5.92. The van der Waals surface area contributed by atoms with E-state index in [1.807, 2.05) is 29.1 Å². The lowest BCUT2D eigenvalue weighted by Crippen LogP contribution is -2.39. The second-order valence-corrected chi connectivity index (χ2v) is 6.70. The van der Waals surface area contributed by atoms with E-state index in [-0.39, 0.29) is 0 Å². The summed E-state index contributed by atoms with van der Waals surface area (Å²) in [6.07, 6.45) is 9.26. The number of aromatic nitrogens is 5.